The number of alkyl halides is 2. The van der Waals surface area contributed by atoms with Crippen molar-refractivity contribution in [1.29, 1.82) is 0 Å². The molecule has 202 valence electrons. The number of benzene rings is 2. The summed E-state index contributed by atoms with van der Waals surface area (Å²) in [5.74, 6) is -5.35. The SMILES string of the molecule is O=C(N1CCC(CC(=O)N(c2ccccc2)[C@@H]2CCCC2(F)F)(C(=O)O)CC1)N1CCc2ccc(F)cc21. The first kappa shape index (κ1) is 26.1. The molecule has 3 amide bonds. The summed E-state index contributed by atoms with van der Waals surface area (Å²) < 4.78 is 43.3. The lowest BCUT2D eigenvalue weighted by Gasteiger charge is -2.41. The van der Waals surface area contributed by atoms with Crippen molar-refractivity contribution in [1.82, 2.24) is 4.90 Å². The number of nitrogens with zero attached hydrogens (tertiary/aromatic N) is 3. The van der Waals surface area contributed by atoms with Gasteiger partial charge in [-0.15, -0.1) is 0 Å². The van der Waals surface area contributed by atoms with E-state index in [2.05, 4.69) is 0 Å². The summed E-state index contributed by atoms with van der Waals surface area (Å²) in [5, 5.41) is 10.2. The van der Waals surface area contributed by atoms with Crippen LogP contribution < -0.4 is 9.80 Å². The monoisotopic (exact) mass is 529 g/mol. The highest BCUT2D eigenvalue weighted by Gasteiger charge is 2.51. The van der Waals surface area contributed by atoms with E-state index in [1.54, 1.807) is 36.4 Å². The number of anilines is 2. The number of carbonyl (C=O) groups is 3. The van der Waals surface area contributed by atoms with E-state index in [9.17, 15) is 32.7 Å². The first-order valence-corrected chi connectivity index (χ1v) is 12.9. The highest BCUT2D eigenvalue weighted by atomic mass is 19.3. The summed E-state index contributed by atoms with van der Waals surface area (Å²) in [4.78, 5) is 43.4. The number of urea groups is 1. The number of hydrogen-bond acceptors (Lipinski definition) is 3. The first-order valence-electron chi connectivity index (χ1n) is 12.9. The molecular weight excluding hydrogens is 499 g/mol. The number of carboxylic acids is 1. The maximum Gasteiger partial charge on any atom is 0.324 e. The van der Waals surface area contributed by atoms with Crippen molar-refractivity contribution in [2.45, 2.75) is 56.9 Å². The topological polar surface area (TPSA) is 81.2 Å². The minimum atomic E-state index is -3.07. The van der Waals surface area contributed by atoms with E-state index < -0.39 is 41.5 Å². The molecule has 1 saturated heterocycles. The molecule has 2 heterocycles. The van der Waals surface area contributed by atoms with E-state index in [0.717, 1.165) is 10.5 Å². The molecule has 1 saturated carbocycles. The maximum atomic E-state index is 14.8. The van der Waals surface area contributed by atoms with Crippen molar-refractivity contribution in [2.75, 3.05) is 29.4 Å². The number of para-hydroxylation sites is 1. The number of hydrogen-bond donors (Lipinski definition) is 1. The van der Waals surface area contributed by atoms with Gasteiger partial charge in [-0.2, -0.15) is 0 Å². The van der Waals surface area contributed by atoms with Crippen LogP contribution in [-0.2, 0) is 16.0 Å². The summed E-state index contributed by atoms with van der Waals surface area (Å²) in [5.41, 5.74) is 0.212. The van der Waals surface area contributed by atoms with Gasteiger partial charge in [-0.3, -0.25) is 14.5 Å². The third-order valence-electron chi connectivity index (χ3n) is 8.20. The van der Waals surface area contributed by atoms with Crippen molar-refractivity contribution >= 4 is 29.3 Å². The predicted molar refractivity (Wildman–Crippen MR) is 135 cm³/mol. The lowest BCUT2D eigenvalue weighted by Crippen LogP contribution is -2.54. The molecule has 2 aliphatic heterocycles. The van der Waals surface area contributed by atoms with E-state index in [-0.39, 0.29) is 51.2 Å². The normalized spacial score (nSPS) is 21.7. The average molecular weight is 530 g/mol. The maximum absolute atomic E-state index is 14.8. The number of halogens is 3. The molecule has 0 bridgehead atoms. The van der Waals surface area contributed by atoms with Crippen molar-refractivity contribution in [3.8, 4) is 0 Å². The number of fused-ring (bicyclic) bond motifs is 1. The van der Waals surface area contributed by atoms with Crippen LogP contribution in [0.1, 0.15) is 44.1 Å². The smallest absolute Gasteiger partial charge is 0.324 e. The zero-order chi connectivity index (χ0) is 27.1. The Balaban J connectivity index is 1.33. The van der Waals surface area contributed by atoms with E-state index in [4.69, 9.17) is 0 Å². The van der Waals surface area contributed by atoms with E-state index >= 15 is 0 Å². The van der Waals surface area contributed by atoms with Gasteiger partial charge in [-0.1, -0.05) is 24.3 Å². The van der Waals surface area contributed by atoms with Crippen LogP contribution in [-0.4, -0.2) is 59.5 Å². The van der Waals surface area contributed by atoms with Crippen LogP contribution >= 0.6 is 0 Å². The zero-order valence-corrected chi connectivity index (χ0v) is 20.9. The van der Waals surface area contributed by atoms with Crippen LogP contribution in [0.4, 0.5) is 29.3 Å². The Morgan fingerprint density at radius 3 is 2.34 bits per heavy atom. The lowest BCUT2D eigenvalue weighted by molar-refractivity contribution is -0.154. The highest BCUT2D eigenvalue weighted by Crippen LogP contribution is 2.43. The summed E-state index contributed by atoms with van der Waals surface area (Å²) in [6.45, 7) is 0.577. The van der Waals surface area contributed by atoms with Crippen LogP contribution in [0.3, 0.4) is 0 Å². The number of aliphatic carboxylic acids is 1. The first-order chi connectivity index (χ1) is 18.1. The van der Waals surface area contributed by atoms with Crippen molar-refractivity contribution in [2.24, 2.45) is 5.41 Å². The van der Waals surface area contributed by atoms with Crippen molar-refractivity contribution < 1.29 is 32.7 Å². The molecule has 38 heavy (non-hydrogen) atoms. The lowest BCUT2D eigenvalue weighted by atomic mass is 9.75. The molecule has 2 fully saturated rings. The van der Waals surface area contributed by atoms with Gasteiger partial charge in [0.15, 0.2) is 0 Å². The molecular formula is C28H30F3N3O4. The van der Waals surface area contributed by atoms with Crippen LogP contribution in [0.25, 0.3) is 0 Å². The summed E-state index contributed by atoms with van der Waals surface area (Å²) in [6.07, 6.45) is 0.264. The summed E-state index contributed by atoms with van der Waals surface area (Å²) >= 11 is 0. The average Bonchev–Trinajstić information content (AvgIpc) is 3.47. The van der Waals surface area contributed by atoms with E-state index in [1.165, 1.54) is 21.9 Å². The summed E-state index contributed by atoms with van der Waals surface area (Å²) in [6, 6.07) is 10.9. The van der Waals surface area contributed by atoms with Gasteiger partial charge >= 0.3 is 12.0 Å². The molecule has 1 atom stereocenters. The fourth-order valence-corrected chi connectivity index (χ4v) is 6.00. The molecule has 10 heteroatoms. The van der Waals surface area contributed by atoms with Crippen molar-refractivity contribution in [3.63, 3.8) is 0 Å². The zero-order valence-electron chi connectivity index (χ0n) is 20.9. The Hall–Kier alpha value is -3.56. The predicted octanol–water partition coefficient (Wildman–Crippen LogP) is 5.09. The number of carbonyl (C=O) groups excluding carboxylic acids is 2. The van der Waals surface area contributed by atoms with Crippen molar-refractivity contribution in [3.05, 3.63) is 59.9 Å². The molecule has 1 aliphatic carbocycles. The van der Waals surface area contributed by atoms with Crippen LogP contribution in [0.15, 0.2) is 48.5 Å². The number of carboxylic acid groups (broad SMARTS) is 1. The van der Waals surface area contributed by atoms with Crippen LogP contribution in [0.2, 0.25) is 0 Å². The van der Waals surface area contributed by atoms with Crippen LogP contribution in [0, 0.1) is 11.2 Å². The van der Waals surface area contributed by atoms with Gasteiger partial charge in [0.2, 0.25) is 5.91 Å². The third-order valence-corrected chi connectivity index (χ3v) is 8.20. The molecule has 0 radical (unpaired) electrons. The molecule has 1 N–H and O–H groups in total. The quantitative estimate of drug-likeness (QED) is 0.586. The van der Waals surface area contributed by atoms with Gasteiger partial charge in [0, 0.05) is 38.2 Å². The molecule has 0 unspecified atom stereocenters. The molecule has 0 aromatic heterocycles. The van der Waals surface area contributed by atoms with Gasteiger partial charge in [0.25, 0.3) is 5.92 Å². The Morgan fingerprint density at radius 1 is 1.00 bits per heavy atom. The second-order valence-electron chi connectivity index (χ2n) is 10.5. The minimum absolute atomic E-state index is 0.00729. The Morgan fingerprint density at radius 2 is 1.71 bits per heavy atom. The molecule has 2 aromatic carbocycles. The molecule has 5 rings (SSSR count). The molecule has 0 spiro atoms. The molecule has 7 nitrogen and oxygen atoms in total. The largest absolute Gasteiger partial charge is 0.481 e. The fraction of sp³-hybridized carbons (Fsp3) is 0.464. The van der Waals surface area contributed by atoms with Gasteiger partial charge in [0.05, 0.1) is 11.1 Å². The van der Waals surface area contributed by atoms with E-state index in [0.29, 0.717) is 24.3 Å². The Bertz CT molecular complexity index is 1230. The van der Waals surface area contributed by atoms with E-state index in [1.807, 2.05) is 0 Å². The number of piperidine rings is 1. The molecule has 3 aliphatic rings. The number of amides is 3. The number of rotatable bonds is 5. The van der Waals surface area contributed by atoms with Crippen LogP contribution in [0.5, 0.6) is 0 Å². The second-order valence-corrected chi connectivity index (χ2v) is 10.5. The molecule has 2 aromatic rings. The Labute approximate surface area is 218 Å². The van der Waals surface area contributed by atoms with Gasteiger partial charge in [-0.25, -0.2) is 18.0 Å². The standard InChI is InChI=1S/C28H30F3N3O4/c29-20-9-8-19-10-14-33(22(19)17-20)26(38)32-15-12-27(13-16-32,25(36)37)18-24(35)34(21-5-2-1-3-6-21)23-7-4-11-28(23,30)31/h1-3,5-6,8-9,17,23H,4,7,10-16,18H2,(H,36,37)/t23-/m1/s1. The minimum Gasteiger partial charge on any atom is -0.481 e. The number of likely N-dealkylation sites (tertiary alicyclic amines) is 1. The second kappa shape index (κ2) is 9.96. The third kappa shape index (κ3) is 4.72. The van der Waals surface area contributed by atoms with Gasteiger partial charge < -0.3 is 14.9 Å². The fourth-order valence-electron chi connectivity index (χ4n) is 6.00. The van der Waals surface area contributed by atoms with Gasteiger partial charge in [-0.05, 0) is 61.9 Å². The summed E-state index contributed by atoms with van der Waals surface area (Å²) in [7, 11) is 0. The Kier molecular flexibility index (Phi) is 6.83. The van der Waals surface area contributed by atoms with Gasteiger partial charge in [0.1, 0.15) is 11.9 Å². The highest BCUT2D eigenvalue weighted by molar-refractivity contribution is 5.98.